The number of aromatic nitrogens is 1. The van der Waals surface area contributed by atoms with Crippen molar-refractivity contribution in [3.63, 3.8) is 0 Å². The zero-order valence-corrected chi connectivity index (χ0v) is 11.8. The lowest BCUT2D eigenvalue weighted by molar-refractivity contribution is 0.254. The molecule has 3 rings (SSSR count). The van der Waals surface area contributed by atoms with Gasteiger partial charge in [-0.05, 0) is 19.3 Å². The monoisotopic (exact) mass is 288 g/mol. The second-order valence-corrected chi connectivity index (χ2v) is 5.62. The molecule has 3 N–H and O–H groups in total. The first-order valence-corrected chi connectivity index (χ1v) is 6.82. The molecule has 18 heavy (non-hydrogen) atoms. The van der Waals surface area contributed by atoms with Gasteiger partial charge in [0.2, 0.25) is 0 Å². The van der Waals surface area contributed by atoms with Gasteiger partial charge in [-0.2, -0.15) is 0 Å². The molecule has 2 atom stereocenters. The average molecular weight is 289 g/mol. The molecule has 0 radical (unpaired) electrons. The molecule has 1 aromatic rings. The third-order valence-corrected chi connectivity index (χ3v) is 4.54. The van der Waals surface area contributed by atoms with Gasteiger partial charge in [0.1, 0.15) is 0 Å². The van der Waals surface area contributed by atoms with Crippen molar-refractivity contribution in [2.45, 2.75) is 37.8 Å². The lowest BCUT2D eigenvalue weighted by Gasteiger charge is -2.34. The van der Waals surface area contributed by atoms with Gasteiger partial charge < -0.3 is 10.6 Å². The standard InChI is InChI=1S/C11H16N4OS.ClH/c1-12-10(16)15-11-14-8-5-6-3-2-4-7(13-6)9(8)17-11;/h6-7,13H,2-5H2,1H3,(H2,12,14,15,16);1H. The van der Waals surface area contributed by atoms with Gasteiger partial charge in [-0.1, -0.05) is 11.3 Å². The Morgan fingerprint density at radius 2 is 2.33 bits per heavy atom. The normalized spacial score (nSPS) is 24.7. The number of amides is 2. The van der Waals surface area contributed by atoms with Gasteiger partial charge in [0.15, 0.2) is 5.13 Å². The molecule has 100 valence electrons. The van der Waals surface area contributed by atoms with E-state index >= 15 is 0 Å². The number of urea groups is 1. The molecule has 7 heteroatoms. The number of piperidine rings is 1. The van der Waals surface area contributed by atoms with E-state index in [9.17, 15) is 4.79 Å². The molecule has 1 fully saturated rings. The van der Waals surface area contributed by atoms with Crippen molar-refractivity contribution < 1.29 is 4.79 Å². The van der Waals surface area contributed by atoms with Crippen LogP contribution in [0, 0.1) is 0 Å². The van der Waals surface area contributed by atoms with Gasteiger partial charge >= 0.3 is 6.03 Å². The molecule has 2 bridgehead atoms. The molecule has 5 nitrogen and oxygen atoms in total. The molecule has 0 saturated carbocycles. The van der Waals surface area contributed by atoms with Crippen LogP contribution in [0.4, 0.5) is 9.93 Å². The number of fused-ring (bicyclic) bond motifs is 4. The highest BCUT2D eigenvalue weighted by molar-refractivity contribution is 7.16. The first kappa shape index (κ1) is 13.6. The van der Waals surface area contributed by atoms with E-state index in [2.05, 4.69) is 20.9 Å². The quantitative estimate of drug-likeness (QED) is 0.741. The van der Waals surface area contributed by atoms with Crippen molar-refractivity contribution in [3.05, 3.63) is 10.6 Å². The van der Waals surface area contributed by atoms with Gasteiger partial charge in [-0.3, -0.25) is 5.32 Å². The van der Waals surface area contributed by atoms with E-state index in [0.29, 0.717) is 17.2 Å². The van der Waals surface area contributed by atoms with Gasteiger partial charge in [0.05, 0.1) is 5.69 Å². The maximum Gasteiger partial charge on any atom is 0.320 e. The van der Waals surface area contributed by atoms with Crippen LogP contribution in [0.3, 0.4) is 0 Å². The van der Waals surface area contributed by atoms with Crippen molar-refractivity contribution in [2.24, 2.45) is 0 Å². The summed E-state index contributed by atoms with van der Waals surface area (Å²) in [5.74, 6) is 0. The Labute approximate surface area is 116 Å². The van der Waals surface area contributed by atoms with E-state index in [4.69, 9.17) is 0 Å². The van der Waals surface area contributed by atoms with Gasteiger partial charge in [0, 0.05) is 30.4 Å². The minimum Gasteiger partial charge on any atom is -0.341 e. The molecule has 2 unspecified atom stereocenters. The number of anilines is 1. The number of nitrogens with one attached hydrogen (secondary N) is 3. The Balaban J connectivity index is 0.00000120. The first-order chi connectivity index (χ1) is 8.26. The molecule has 3 heterocycles. The topological polar surface area (TPSA) is 66.0 Å². The van der Waals surface area contributed by atoms with Crippen molar-refractivity contribution in [2.75, 3.05) is 12.4 Å². The van der Waals surface area contributed by atoms with Crippen LogP contribution in [0.15, 0.2) is 0 Å². The van der Waals surface area contributed by atoms with Crippen LogP contribution < -0.4 is 16.0 Å². The molecule has 1 saturated heterocycles. The molecule has 2 amide bonds. The summed E-state index contributed by atoms with van der Waals surface area (Å²) in [5.41, 5.74) is 1.18. The van der Waals surface area contributed by atoms with E-state index < -0.39 is 0 Å². The summed E-state index contributed by atoms with van der Waals surface area (Å²) < 4.78 is 0. The maximum atomic E-state index is 11.3. The third kappa shape index (κ3) is 2.46. The summed E-state index contributed by atoms with van der Waals surface area (Å²) in [5, 5.41) is 9.64. The maximum absolute atomic E-state index is 11.3. The summed E-state index contributed by atoms with van der Waals surface area (Å²) in [4.78, 5) is 17.1. The largest absolute Gasteiger partial charge is 0.341 e. The number of hydrogen-bond donors (Lipinski definition) is 3. The minimum absolute atomic E-state index is 0. The van der Waals surface area contributed by atoms with Crippen LogP contribution >= 0.6 is 23.7 Å². The fraction of sp³-hybridized carbons (Fsp3) is 0.636. The van der Waals surface area contributed by atoms with Crippen LogP contribution in [-0.4, -0.2) is 24.1 Å². The number of carbonyl (C=O) groups excluding carboxylic acids is 1. The highest BCUT2D eigenvalue weighted by atomic mass is 35.5. The number of nitrogens with zero attached hydrogens (tertiary/aromatic N) is 1. The number of rotatable bonds is 1. The van der Waals surface area contributed by atoms with Crippen molar-refractivity contribution in [1.82, 2.24) is 15.6 Å². The zero-order valence-electron chi connectivity index (χ0n) is 10.2. The molecule has 2 aliphatic heterocycles. The van der Waals surface area contributed by atoms with Gasteiger partial charge in [0.25, 0.3) is 0 Å². The predicted molar refractivity (Wildman–Crippen MR) is 74.7 cm³/mol. The first-order valence-electron chi connectivity index (χ1n) is 6.00. The van der Waals surface area contributed by atoms with E-state index in [1.165, 1.54) is 29.8 Å². The summed E-state index contributed by atoms with van der Waals surface area (Å²) in [6, 6.07) is 0.832. The van der Waals surface area contributed by atoms with Crippen LogP contribution in [0.1, 0.15) is 35.9 Å². The van der Waals surface area contributed by atoms with Crippen molar-refractivity contribution in [1.29, 1.82) is 0 Å². The summed E-state index contributed by atoms with van der Waals surface area (Å²) in [7, 11) is 1.61. The Kier molecular flexibility index (Phi) is 4.09. The highest BCUT2D eigenvalue weighted by Gasteiger charge is 2.32. The van der Waals surface area contributed by atoms with E-state index in [1.807, 2.05) is 0 Å². The second-order valence-electron chi connectivity index (χ2n) is 4.59. The second kappa shape index (κ2) is 5.42. The summed E-state index contributed by atoms with van der Waals surface area (Å²) in [6.07, 6.45) is 4.71. The molecule has 0 aliphatic carbocycles. The Bertz CT molecular complexity index is 450. The van der Waals surface area contributed by atoms with Crippen molar-refractivity contribution in [3.8, 4) is 0 Å². The number of carbonyl (C=O) groups is 1. The van der Waals surface area contributed by atoms with E-state index in [1.54, 1.807) is 18.4 Å². The van der Waals surface area contributed by atoms with Gasteiger partial charge in [-0.25, -0.2) is 9.78 Å². The van der Waals surface area contributed by atoms with Crippen LogP contribution in [0.25, 0.3) is 0 Å². The third-order valence-electron chi connectivity index (χ3n) is 3.41. The Hall–Kier alpha value is -0.850. The van der Waals surface area contributed by atoms with Crippen LogP contribution in [0.5, 0.6) is 0 Å². The number of hydrogen-bond acceptors (Lipinski definition) is 4. The number of halogens is 1. The highest BCUT2D eigenvalue weighted by Crippen LogP contribution is 2.39. The van der Waals surface area contributed by atoms with Crippen molar-refractivity contribution >= 4 is 34.9 Å². The van der Waals surface area contributed by atoms with E-state index in [-0.39, 0.29) is 18.4 Å². The summed E-state index contributed by atoms with van der Waals surface area (Å²) in [6.45, 7) is 0. The zero-order chi connectivity index (χ0) is 11.8. The smallest absolute Gasteiger partial charge is 0.320 e. The molecule has 0 spiro atoms. The lowest BCUT2D eigenvalue weighted by Crippen LogP contribution is -2.42. The Morgan fingerprint density at radius 3 is 3.11 bits per heavy atom. The molecule has 0 aromatic carbocycles. The number of thiazole rings is 1. The fourth-order valence-corrected chi connectivity index (χ4v) is 3.70. The summed E-state index contributed by atoms with van der Waals surface area (Å²) >= 11 is 1.60. The van der Waals surface area contributed by atoms with Crippen LogP contribution in [-0.2, 0) is 6.42 Å². The lowest BCUT2D eigenvalue weighted by atomic mass is 9.89. The molecular formula is C11H17ClN4OS. The fourth-order valence-electron chi connectivity index (χ4n) is 2.62. The average Bonchev–Trinajstić information content (AvgIpc) is 2.72. The van der Waals surface area contributed by atoms with Crippen LogP contribution in [0.2, 0.25) is 0 Å². The van der Waals surface area contributed by atoms with Gasteiger partial charge in [-0.15, -0.1) is 12.4 Å². The SMILES string of the molecule is CNC(=O)Nc1nc2c(s1)C1CCCC(C2)N1.Cl. The molecular weight excluding hydrogens is 272 g/mol. The predicted octanol–water partition coefficient (Wildman–Crippen LogP) is 2.06. The molecule has 1 aromatic heterocycles. The van der Waals surface area contributed by atoms with E-state index in [0.717, 1.165) is 6.42 Å². The Morgan fingerprint density at radius 1 is 1.50 bits per heavy atom. The molecule has 2 aliphatic rings. The minimum atomic E-state index is -0.202.